The summed E-state index contributed by atoms with van der Waals surface area (Å²) in [7, 11) is 0. The molecule has 1 aromatic heterocycles. The third-order valence-electron chi connectivity index (χ3n) is 2.68. The molecule has 2 amide bonds. The summed E-state index contributed by atoms with van der Waals surface area (Å²) in [6, 6.07) is -0.462. The summed E-state index contributed by atoms with van der Waals surface area (Å²) in [5.41, 5.74) is 4.54. The van der Waals surface area contributed by atoms with Crippen LogP contribution < -0.4 is 11.1 Å². The SMILES string of the molecule is CCn1cc([N+](=O)[O-])cc1C(=O)N[C@@H](CC(N)=O)C(=O)O. The lowest BCUT2D eigenvalue weighted by Gasteiger charge is -2.13. The van der Waals surface area contributed by atoms with Crippen LogP contribution in [0.15, 0.2) is 12.3 Å². The maximum Gasteiger partial charge on any atom is 0.326 e. The highest BCUT2D eigenvalue weighted by molar-refractivity contribution is 5.97. The smallest absolute Gasteiger partial charge is 0.326 e. The van der Waals surface area contributed by atoms with Gasteiger partial charge < -0.3 is 20.7 Å². The fraction of sp³-hybridized carbons (Fsp3) is 0.364. The van der Waals surface area contributed by atoms with Crippen LogP contribution in [0.4, 0.5) is 5.69 Å². The third kappa shape index (κ3) is 4.03. The maximum atomic E-state index is 12.0. The number of carbonyl (C=O) groups excluding carboxylic acids is 2. The molecule has 1 rings (SSSR count). The molecule has 21 heavy (non-hydrogen) atoms. The number of nitro groups is 1. The molecule has 0 aliphatic rings. The number of rotatable bonds is 7. The van der Waals surface area contributed by atoms with Crippen LogP contribution in [0.25, 0.3) is 0 Å². The molecule has 0 saturated carbocycles. The standard InChI is InChI=1S/C11H14N4O6/c1-2-14-5-6(15(20)21)3-8(14)10(17)13-7(11(18)19)4-9(12)16/h3,5,7H,2,4H2,1H3,(H2,12,16)(H,13,17)(H,18,19)/t7-/m0/s1. The minimum atomic E-state index is -1.49. The number of amides is 2. The molecule has 0 saturated heterocycles. The normalized spacial score (nSPS) is 11.7. The number of aromatic nitrogens is 1. The zero-order chi connectivity index (χ0) is 16.2. The Kier molecular flexibility index (Phi) is 5.00. The van der Waals surface area contributed by atoms with Gasteiger partial charge in [-0.1, -0.05) is 0 Å². The van der Waals surface area contributed by atoms with Crippen LogP contribution in [0.2, 0.25) is 0 Å². The minimum absolute atomic E-state index is 0.0695. The Labute approximate surface area is 118 Å². The number of carbonyl (C=O) groups is 3. The Morgan fingerprint density at radius 2 is 2.14 bits per heavy atom. The van der Waals surface area contributed by atoms with Crippen molar-refractivity contribution >= 4 is 23.5 Å². The summed E-state index contributed by atoms with van der Waals surface area (Å²) in [5, 5.41) is 21.7. The highest BCUT2D eigenvalue weighted by Gasteiger charge is 2.25. The van der Waals surface area contributed by atoms with Crippen molar-refractivity contribution in [1.29, 1.82) is 0 Å². The fourth-order valence-corrected chi connectivity index (χ4v) is 1.68. The summed E-state index contributed by atoms with van der Waals surface area (Å²) >= 11 is 0. The number of carboxylic acids is 1. The summed E-state index contributed by atoms with van der Waals surface area (Å²) in [4.78, 5) is 43.7. The van der Waals surface area contributed by atoms with Gasteiger partial charge in [-0.2, -0.15) is 0 Å². The number of carboxylic acid groups (broad SMARTS) is 1. The number of nitrogens with two attached hydrogens (primary N) is 1. The van der Waals surface area contributed by atoms with E-state index in [1.165, 1.54) is 10.8 Å². The number of primary amides is 1. The molecule has 1 heterocycles. The van der Waals surface area contributed by atoms with E-state index < -0.39 is 35.2 Å². The highest BCUT2D eigenvalue weighted by atomic mass is 16.6. The lowest BCUT2D eigenvalue weighted by atomic mass is 10.2. The zero-order valence-electron chi connectivity index (χ0n) is 11.1. The van der Waals surface area contributed by atoms with E-state index in [-0.39, 0.29) is 17.9 Å². The van der Waals surface area contributed by atoms with Crippen LogP contribution in [0.3, 0.4) is 0 Å². The van der Waals surface area contributed by atoms with Gasteiger partial charge in [-0.25, -0.2) is 4.79 Å². The molecule has 10 heteroatoms. The van der Waals surface area contributed by atoms with Crippen LogP contribution in [0.5, 0.6) is 0 Å². The Bertz CT molecular complexity index is 594. The molecule has 0 bridgehead atoms. The number of hydrogen-bond acceptors (Lipinski definition) is 5. The predicted molar refractivity (Wildman–Crippen MR) is 69.5 cm³/mol. The van der Waals surface area contributed by atoms with Gasteiger partial charge in [0.1, 0.15) is 11.7 Å². The number of aryl methyl sites for hydroxylation is 1. The molecule has 10 nitrogen and oxygen atoms in total. The van der Waals surface area contributed by atoms with E-state index >= 15 is 0 Å². The number of nitrogens with zero attached hydrogens (tertiary/aromatic N) is 2. The summed E-state index contributed by atoms with van der Waals surface area (Å²) in [6.07, 6.45) is 0.592. The van der Waals surface area contributed by atoms with E-state index in [1.54, 1.807) is 6.92 Å². The number of nitrogens with one attached hydrogen (secondary N) is 1. The average Bonchev–Trinajstić information content (AvgIpc) is 2.81. The van der Waals surface area contributed by atoms with Gasteiger partial charge in [-0.05, 0) is 6.92 Å². The molecule has 0 fully saturated rings. The second kappa shape index (κ2) is 6.50. The minimum Gasteiger partial charge on any atom is -0.480 e. The van der Waals surface area contributed by atoms with Gasteiger partial charge in [-0.3, -0.25) is 19.7 Å². The highest BCUT2D eigenvalue weighted by Crippen LogP contribution is 2.16. The van der Waals surface area contributed by atoms with Crippen LogP contribution in [-0.4, -0.2) is 38.4 Å². The molecular weight excluding hydrogens is 284 g/mol. The quantitative estimate of drug-likeness (QED) is 0.453. The molecule has 0 aliphatic carbocycles. The van der Waals surface area contributed by atoms with E-state index in [4.69, 9.17) is 10.8 Å². The van der Waals surface area contributed by atoms with E-state index in [0.717, 1.165) is 6.07 Å². The van der Waals surface area contributed by atoms with Crippen molar-refractivity contribution in [2.24, 2.45) is 5.73 Å². The molecule has 0 radical (unpaired) electrons. The number of aliphatic carboxylic acids is 1. The second-order valence-corrected chi connectivity index (χ2v) is 4.16. The molecule has 0 aliphatic heterocycles. The predicted octanol–water partition coefficient (Wildman–Crippen LogP) is -0.525. The van der Waals surface area contributed by atoms with Gasteiger partial charge in [0.15, 0.2) is 0 Å². The van der Waals surface area contributed by atoms with Gasteiger partial charge in [0, 0.05) is 12.6 Å². The van der Waals surface area contributed by atoms with Crippen molar-refractivity contribution in [3.05, 3.63) is 28.1 Å². The molecule has 114 valence electrons. The largest absolute Gasteiger partial charge is 0.480 e. The molecule has 0 spiro atoms. The first-order valence-electron chi connectivity index (χ1n) is 5.92. The Hall–Kier alpha value is -2.91. The van der Waals surface area contributed by atoms with Crippen LogP contribution >= 0.6 is 0 Å². The lowest BCUT2D eigenvalue weighted by molar-refractivity contribution is -0.384. The van der Waals surface area contributed by atoms with Crippen LogP contribution in [0.1, 0.15) is 23.8 Å². The monoisotopic (exact) mass is 298 g/mol. The van der Waals surface area contributed by atoms with Gasteiger partial charge >= 0.3 is 5.97 Å². The Morgan fingerprint density at radius 1 is 1.52 bits per heavy atom. The summed E-state index contributed by atoms with van der Waals surface area (Å²) in [5.74, 6) is -3.15. The lowest BCUT2D eigenvalue weighted by Crippen LogP contribution is -2.43. The van der Waals surface area contributed by atoms with E-state index in [2.05, 4.69) is 5.32 Å². The summed E-state index contributed by atoms with van der Waals surface area (Å²) in [6.45, 7) is 1.95. The van der Waals surface area contributed by atoms with Gasteiger partial charge in [-0.15, -0.1) is 0 Å². The first-order chi connectivity index (χ1) is 9.76. The van der Waals surface area contributed by atoms with E-state index in [9.17, 15) is 24.5 Å². The van der Waals surface area contributed by atoms with Crippen LogP contribution in [-0.2, 0) is 16.1 Å². The molecule has 4 N–H and O–H groups in total. The molecule has 0 aromatic carbocycles. The Morgan fingerprint density at radius 3 is 2.57 bits per heavy atom. The number of hydrogen-bond donors (Lipinski definition) is 3. The maximum absolute atomic E-state index is 12.0. The topological polar surface area (TPSA) is 158 Å². The zero-order valence-corrected chi connectivity index (χ0v) is 11.1. The molecular formula is C11H14N4O6. The van der Waals surface area contributed by atoms with Crippen molar-refractivity contribution in [2.75, 3.05) is 0 Å². The summed E-state index contributed by atoms with van der Waals surface area (Å²) < 4.78 is 1.30. The van der Waals surface area contributed by atoms with Crippen molar-refractivity contribution in [3.8, 4) is 0 Å². The Balaban J connectivity index is 2.99. The fourth-order valence-electron chi connectivity index (χ4n) is 1.68. The molecule has 1 aromatic rings. The van der Waals surface area contributed by atoms with Crippen molar-refractivity contribution < 1.29 is 24.4 Å². The van der Waals surface area contributed by atoms with Crippen molar-refractivity contribution in [2.45, 2.75) is 25.9 Å². The first kappa shape index (κ1) is 16.1. The van der Waals surface area contributed by atoms with Crippen molar-refractivity contribution in [3.63, 3.8) is 0 Å². The van der Waals surface area contributed by atoms with Crippen molar-refractivity contribution in [1.82, 2.24) is 9.88 Å². The average molecular weight is 298 g/mol. The van der Waals surface area contributed by atoms with E-state index in [0.29, 0.717) is 0 Å². The van der Waals surface area contributed by atoms with E-state index in [1.807, 2.05) is 0 Å². The molecule has 1 atom stereocenters. The van der Waals surface area contributed by atoms with Gasteiger partial charge in [0.05, 0.1) is 17.5 Å². The first-order valence-corrected chi connectivity index (χ1v) is 5.92. The van der Waals surface area contributed by atoms with Gasteiger partial charge in [0.25, 0.3) is 11.6 Å². The van der Waals surface area contributed by atoms with Gasteiger partial charge in [0.2, 0.25) is 5.91 Å². The third-order valence-corrected chi connectivity index (χ3v) is 2.68. The molecule has 0 unspecified atom stereocenters. The second-order valence-electron chi connectivity index (χ2n) is 4.16. The van der Waals surface area contributed by atoms with Crippen LogP contribution in [0, 0.1) is 10.1 Å².